The van der Waals surface area contributed by atoms with Crippen molar-refractivity contribution in [1.29, 1.82) is 0 Å². The van der Waals surface area contributed by atoms with E-state index >= 15 is 0 Å². The number of hydrogen-bond acceptors (Lipinski definition) is 2. The van der Waals surface area contributed by atoms with Gasteiger partial charge in [-0.15, -0.1) is 0 Å². The quantitative estimate of drug-likeness (QED) is 0.842. The van der Waals surface area contributed by atoms with Gasteiger partial charge in [0.1, 0.15) is 0 Å². The van der Waals surface area contributed by atoms with E-state index in [4.69, 9.17) is 0 Å². The highest BCUT2D eigenvalue weighted by atomic mass is 19.3. The number of nitrogens with zero attached hydrogens (tertiary/aromatic N) is 1. The van der Waals surface area contributed by atoms with Crippen LogP contribution in [-0.4, -0.2) is 37.0 Å². The van der Waals surface area contributed by atoms with Crippen molar-refractivity contribution in [3.05, 3.63) is 35.9 Å². The highest BCUT2D eigenvalue weighted by Crippen LogP contribution is 2.30. The number of carbonyl (C=O) groups is 1. The summed E-state index contributed by atoms with van der Waals surface area (Å²) in [6, 6.07) is 7.22. The second kappa shape index (κ2) is 4.79. The van der Waals surface area contributed by atoms with Crippen molar-refractivity contribution in [1.82, 2.24) is 10.2 Å². The van der Waals surface area contributed by atoms with Crippen LogP contribution in [0.2, 0.25) is 0 Å². The zero-order chi connectivity index (χ0) is 12.3. The van der Waals surface area contributed by atoms with Gasteiger partial charge in [0, 0.05) is 31.7 Å². The number of halogens is 2. The highest BCUT2D eigenvalue weighted by molar-refractivity contribution is 5.85. The maximum Gasteiger partial charge on any atom is 0.349 e. The van der Waals surface area contributed by atoms with Crippen molar-refractivity contribution in [3.63, 3.8) is 0 Å². The second-order valence-corrected chi connectivity index (χ2v) is 3.98. The molecule has 1 heterocycles. The Balaban J connectivity index is 2.17. The predicted octanol–water partition coefficient (Wildman–Crippen LogP) is 1.21. The van der Waals surface area contributed by atoms with Crippen LogP contribution >= 0.6 is 0 Å². The molecule has 92 valence electrons. The molecule has 1 aliphatic heterocycles. The van der Waals surface area contributed by atoms with Gasteiger partial charge in [0.2, 0.25) is 0 Å². The fraction of sp³-hybridized carbons (Fsp3) is 0.417. The first kappa shape index (κ1) is 12.0. The molecule has 3 nitrogen and oxygen atoms in total. The Morgan fingerprint density at radius 1 is 1.18 bits per heavy atom. The van der Waals surface area contributed by atoms with Crippen molar-refractivity contribution in [3.8, 4) is 0 Å². The summed E-state index contributed by atoms with van der Waals surface area (Å²) in [7, 11) is 0. The molecule has 1 fully saturated rings. The van der Waals surface area contributed by atoms with Crippen LogP contribution in [0.1, 0.15) is 5.56 Å². The molecular weight excluding hydrogens is 226 g/mol. The molecule has 1 saturated heterocycles. The Labute approximate surface area is 98.4 Å². The molecule has 0 spiro atoms. The van der Waals surface area contributed by atoms with Gasteiger partial charge in [-0.1, -0.05) is 30.3 Å². The van der Waals surface area contributed by atoms with Crippen LogP contribution in [0.25, 0.3) is 0 Å². The average Bonchev–Trinajstić information content (AvgIpc) is 2.40. The van der Waals surface area contributed by atoms with Gasteiger partial charge < -0.3 is 10.2 Å². The molecule has 0 unspecified atom stereocenters. The molecule has 1 aromatic carbocycles. The third-order valence-electron chi connectivity index (χ3n) is 2.81. The number of nitrogens with one attached hydrogen (secondary N) is 1. The van der Waals surface area contributed by atoms with Crippen LogP contribution in [0.3, 0.4) is 0 Å². The standard InChI is InChI=1S/C12H14F2N2O/c13-12(14,10-4-2-1-3-5-10)11(17)16-8-6-15-7-9-16/h1-5,15H,6-9H2. The van der Waals surface area contributed by atoms with Crippen molar-refractivity contribution in [2.45, 2.75) is 5.92 Å². The number of carbonyl (C=O) groups excluding carboxylic acids is 1. The molecule has 0 radical (unpaired) electrons. The first-order chi connectivity index (χ1) is 8.12. The van der Waals surface area contributed by atoms with Crippen LogP contribution in [-0.2, 0) is 10.7 Å². The van der Waals surface area contributed by atoms with Gasteiger partial charge in [-0.3, -0.25) is 4.79 Å². The van der Waals surface area contributed by atoms with Crippen LogP contribution in [0.15, 0.2) is 30.3 Å². The second-order valence-electron chi connectivity index (χ2n) is 3.98. The van der Waals surface area contributed by atoms with Crippen molar-refractivity contribution >= 4 is 5.91 Å². The maximum absolute atomic E-state index is 13.9. The SMILES string of the molecule is O=C(N1CCNCC1)C(F)(F)c1ccccc1. The van der Waals surface area contributed by atoms with Gasteiger partial charge in [-0.05, 0) is 0 Å². The topological polar surface area (TPSA) is 32.3 Å². The minimum atomic E-state index is -3.43. The van der Waals surface area contributed by atoms with Gasteiger partial charge in [0.25, 0.3) is 5.91 Å². The van der Waals surface area contributed by atoms with Crippen molar-refractivity contribution < 1.29 is 13.6 Å². The van der Waals surface area contributed by atoms with Crippen LogP contribution in [0.5, 0.6) is 0 Å². The summed E-state index contributed by atoms with van der Waals surface area (Å²) in [5, 5.41) is 3.02. The lowest BCUT2D eigenvalue weighted by atomic mass is 10.1. The summed E-state index contributed by atoms with van der Waals surface area (Å²) >= 11 is 0. The van der Waals surface area contributed by atoms with Gasteiger partial charge in [-0.25, -0.2) is 0 Å². The minimum Gasteiger partial charge on any atom is -0.335 e. The first-order valence-corrected chi connectivity index (χ1v) is 5.56. The molecule has 17 heavy (non-hydrogen) atoms. The third kappa shape index (κ3) is 2.44. The predicted molar refractivity (Wildman–Crippen MR) is 59.8 cm³/mol. The number of amides is 1. The molecule has 2 rings (SSSR count). The summed E-state index contributed by atoms with van der Waals surface area (Å²) in [5.74, 6) is -4.54. The van der Waals surface area contributed by atoms with Gasteiger partial charge in [0.05, 0.1) is 0 Å². The molecular formula is C12H14F2N2O. The molecule has 5 heteroatoms. The van der Waals surface area contributed by atoms with E-state index in [9.17, 15) is 13.6 Å². The normalized spacial score (nSPS) is 16.9. The summed E-state index contributed by atoms with van der Waals surface area (Å²) in [5.41, 5.74) is -0.247. The third-order valence-corrected chi connectivity index (χ3v) is 2.81. The largest absolute Gasteiger partial charge is 0.349 e. The van der Waals surface area contributed by atoms with Crippen LogP contribution < -0.4 is 5.32 Å². The van der Waals surface area contributed by atoms with Gasteiger partial charge >= 0.3 is 5.92 Å². The first-order valence-electron chi connectivity index (χ1n) is 5.56. The summed E-state index contributed by atoms with van der Waals surface area (Å²) < 4.78 is 27.8. The summed E-state index contributed by atoms with van der Waals surface area (Å²) in [6.07, 6.45) is 0. The van der Waals surface area contributed by atoms with Crippen LogP contribution in [0, 0.1) is 0 Å². The smallest absolute Gasteiger partial charge is 0.335 e. The molecule has 1 amide bonds. The molecule has 0 saturated carbocycles. The fourth-order valence-corrected chi connectivity index (χ4v) is 1.84. The lowest BCUT2D eigenvalue weighted by Gasteiger charge is -2.30. The highest BCUT2D eigenvalue weighted by Gasteiger charge is 2.43. The molecule has 0 atom stereocenters. The van der Waals surface area contributed by atoms with E-state index in [-0.39, 0.29) is 5.56 Å². The number of benzene rings is 1. The van der Waals surface area contributed by atoms with Crippen molar-refractivity contribution in [2.24, 2.45) is 0 Å². The van der Waals surface area contributed by atoms with Crippen LogP contribution in [0.4, 0.5) is 8.78 Å². The Bertz CT molecular complexity index is 389. The van der Waals surface area contributed by atoms with E-state index in [1.165, 1.54) is 29.2 Å². The number of hydrogen-bond donors (Lipinski definition) is 1. The number of piperazine rings is 1. The van der Waals surface area contributed by atoms with Gasteiger partial charge in [-0.2, -0.15) is 8.78 Å². The fourth-order valence-electron chi connectivity index (χ4n) is 1.84. The van der Waals surface area contributed by atoms with E-state index in [1.807, 2.05) is 0 Å². The molecule has 0 aromatic heterocycles. The molecule has 1 N–H and O–H groups in total. The number of alkyl halides is 2. The lowest BCUT2D eigenvalue weighted by molar-refractivity contribution is -0.159. The monoisotopic (exact) mass is 240 g/mol. The maximum atomic E-state index is 13.9. The van der Waals surface area contributed by atoms with E-state index in [2.05, 4.69) is 5.32 Å². The van der Waals surface area contributed by atoms with E-state index < -0.39 is 11.8 Å². The average molecular weight is 240 g/mol. The van der Waals surface area contributed by atoms with Gasteiger partial charge in [0.15, 0.2) is 0 Å². The zero-order valence-corrected chi connectivity index (χ0v) is 9.33. The lowest BCUT2D eigenvalue weighted by Crippen LogP contribution is -2.51. The molecule has 0 bridgehead atoms. The zero-order valence-electron chi connectivity index (χ0n) is 9.33. The molecule has 1 aromatic rings. The Kier molecular flexibility index (Phi) is 3.38. The summed E-state index contributed by atoms with van der Waals surface area (Å²) in [4.78, 5) is 13.0. The van der Waals surface area contributed by atoms with Crippen molar-refractivity contribution in [2.75, 3.05) is 26.2 Å². The Morgan fingerprint density at radius 3 is 2.35 bits per heavy atom. The van der Waals surface area contributed by atoms with E-state index in [0.717, 1.165) is 0 Å². The molecule has 0 aliphatic carbocycles. The van der Waals surface area contributed by atoms with E-state index in [0.29, 0.717) is 26.2 Å². The minimum absolute atomic E-state index is 0.247. The number of rotatable bonds is 2. The Morgan fingerprint density at radius 2 is 1.76 bits per heavy atom. The summed E-state index contributed by atoms with van der Waals surface area (Å²) in [6.45, 7) is 1.80. The van der Waals surface area contributed by atoms with E-state index in [1.54, 1.807) is 6.07 Å². The Hall–Kier alpha value is -1.49. The molecule has 1 aliphatic rings.